The number of carbonyl (C=O) groups excluding carboxylic acids is 1. The Kier molecular flexibility index (Phi) is 5.40. The Morgan fingerprint density at radius 3 is 2.67 bits per heavy atom. The first kappa shape index (κ1) is 16.8. The summed E-state index contributed by atoms with van der Waals surface area (Å²) in [6, 6.07) is 9.78. The van der Waals surface area contributed by atoms with Gasteiger partial charge in [0.25, 0.3) is 0 Å². The predicted octanol–water partition coefficient (Wildman–Crippen LogP) is 4.16. The lowest BCUT2D eigenvalue weighted by Gasteiger charge is -2.26. The van der Waals surface area contributed by atoms with Crippen molar-refractivity contribution in [3.63, 3.8) is 0 Å². The zero-order valence-corrected chi connectivity index (χ0v) is 14.4. The van der Waals surface area contributed by atoms with E-state index in [1.165, 1.54) is 25.7 Å². The Labute approximate surface area is 144 Å². The number of hydrogen-bond acceptors (Lipinski definition) is 3. The standard InChI is InChI=1S/C20H26N2O2/c1-2-24-19-8-6-18(7-9-19)22(11-3-10-21)20(23)14-17-13-15-4-5-16(17)12-15/h6-9,15-17H,2-5,11-14H2,1H3. The highest BCUT2D eigenvalue weighted by Gasteiger charge is 2.40. The Morgan fingerprint density at radius 1 is 1.29 bits per heavy atom. The van der Waals surface area contributed by atoms with Gasteiger partial charge in [-0.15, -0.1) is 0 Å². The lowest BCUT2D eigenvalue weighted by atomic mass is 9.86. The second-order valence-electron chi connectivity index (χ2n) is 7.02. The molecule has 0 heterocycles. The topological polar surface area (TPSA) is 53.3 Å². The van der Waals surface area contributed by atoms with Gasteiger partial charge in [0.1, 0.15) is 5.75 Å². The summed E-state index contributed by atoms with van der Waals surface area (Å²) in [4.78, 5) is 14.7. The van der Waals surface area contributed by atoms with Crippen molar-refractivity contribution in [1.82, 2.24) is 0 Å². The number of fused-ring (bicyclic) bond motifs is 2. The number of anilines is 1. The summed E-state index contributed by atoms with van der Waals surface area (Å²) in [7, 11) is 0. The molecule has 3 rings (SSSR count). The number of benzene rings is 1. The van der Waals surface area contributed by atoms with E-state index < -0.39 is 0 Å². The fourth-order valence-corrected chi connectivity index (χ4v) is 4.41. The van der Waals surface area contributed by atoms with Crippen molar-refractivity contribution in [2.45, 2.75) is 45.4 Å². The van der Waals surface area contributed by atoms with Crippen LogP contribution in [0.3, 0.4) is 0 Å². The van der Waals surface area contributed by atoms with E-state index in [1.54, 1.807) is 4.90 Å². The summed E-state index contributed by atoms with van der Waals surface area (Å²) < 4.78 is 5.47. The maximum atomic E-state index is 12.9. The monoisotopic (exact) mass is 326 g/mol. The summed E-state index contributed by atoms with van der Waals surface area (Å²) in [5.74, 6) is 3.11. The van der Waals surface area contributed by atoms with Gasteiger partial charge in [-0.2, -0.15) is 5.26 Å². The van der Waals surface area contributed by atoms with Gasteiger partial charge in [-0.25, -0.2) is 0 Å². The minimum Gasteiger partial charge on any atom is -0.494 e. The third-order valence-corrected chi connectivity index (χ3v) is 5.53. The molecule has 1 aromatic rings. The molecule has 2 aliphatic rings. The molecular weight excluding hydrogens is 300 g/mol. The van der Waals surface area contributed by atoms with Crippen LogP contribution in [0.5, 0.6) is 5.75 Å². The Bertz CT molecular complexity index is 605. The van der Waals surface area contributed by atoms with E-state index in [9.17, 15) is 4.79 Å². The summed E-state index contributed by atoms with van der Waals surface area (Å²) in [5.41, 5.74) is 0.863. The average molecular weight is 326 g/mol. The van der Waals surface area contributed by atoms with E-state index >= 15 is 0 Å². The van der Waals surface area contributed by atoms with Gasteiger partial charge in [-0.05, 0) is 68.2 Å². The van der Waals surface area contributed by atoms with E-state index in [0.717, 1.165) is 23.3 Å². The van der Waals surface area contributed by atoms with Crippen LogP contribution in [0.4, 0.5) is 5.69 Å². The summed E-state index contributed by atoms with van der Waals surface area (Å²) in [6.45, 7) is 3.04. The lowest BCUT2D eigenvalue weighted by molar-refractivity contribution is -0.119. The summed E-state index contributed by atoms with van der Waals surface area (Å²) in [5, 5.41) is 8.92. The molecule has 0 aromatic heterocycles. The molecule has 24 heavy (non-hydrogen) atoms. The number of amides is 1. The first-order valence-corrected chi connectivity index (χ1v) is 9.11. The van der Waals surface area contributed by atoms with Crippen LogP contribution in [0.2, 0.25) is 0 Å². The maximum absolute atomic E-state index is 12.9. The molecule has 2 fully saturated rings. The number of hydrogen-bond donors (Lipinski definition) is 0. The fourth-order valence-electron chi connectivity index (χ4n) is 4.41. The van der Waals surface area contributed by atoms with Crippen LogP contribution in [0.15, 0.2) is 24.3 Å². The van der Waals surface area contributed by atoms with E-state index in [4.69, 9.17) is 10.00 Å². The van der Waals surface area contributed by atoms with E-state index in [-0.39, 0.29) is 5.91 Å². The molecular formula is C20H26N2O2. The number of carbonyl (C=O) groups is 1. The smallest absolute Gasteiger partial charge is 0.227 e. The van der Waals surface area contributed by atoms with Crippen molar-refractivity contribution in [2.24, 2.45) is 17.8 Å². The molecule has 2 bridgehead atoms. The first-order chi connectivity index (χ1) is 11.7. The van der Waals surface area contributed by atoms with Crippen LogP contribution in [0.25, 0.3) is 0 Å². The normalized spacial score (nSPS) is 24.6. The number of nitriles is 1. The molecule has 4 heteroatoms. The van der Waals surface area contributed by atoms with Crippen LogP contribution in [-0.4, -0.2) is 19.1 Å². The molecule has 4 nitrogen and oxygen atoms in total. The minimum atomic E-state index is 0.159. The zero-order chi connectivity index (χ0) is 16.9. The third-order valence-electron chi connectivity index (χ3n) is 5.53. The van der Waals surface area contributed by atoms with Gasteiger partial charge in [-0.3, -0.25) is 4.79 Å². The van der Waals surface area contributed by atoms with Gasteiger partial charge in [0.2, 0.25) is 5.91 Å². The molecule has 3 atom stereocenters. The Morgan fingerprint density at radius 2 is 2.08 bits per heavy atom. The molecule has 2 aliphatic carbocycles. The number of nitrogens with zero attached hydrogens (tertiary/aromatic N) is 2. The molecule has 0 radical (unpaired) electrons. The van der Waals surface area contributed by atoms with Crippen molar-refractivity contribution in [2.75, 3.05) is 18.1 Å². The van der Waals surface area contributed by atoms with Gasteiger partial charge in [-0.1, -0.05) is 6.42 Å². The fraction of sp³-hybridized carbons (Fsp3) is 0.600. The van der Waals surface area contributed by atoms with Crippen LogP contribution >= 0.6 is 0 Å². The molecule has 1 aromatic carbocycles. The van der Waals surface area contributed by atoms with Crippen molar-refractivity contribution in [1.29, 1.82) is 5.26 Å². The number of ether oxygens (including phenoxy) is 1. The lowest BCUT2D eigenvalue weighted by Crippen LogP contribution is -2.34. The van der Waals surface area contributed by atoms with Crippen molar-refractivity contribution < 1.29 is 9.53 Å². The molecule has 0 aliphatic heterocycles. The van der Waals surface area contributed by atoms with Gasteiger partial charge in [0.05, 0.1) is 19.1 Å². The SMILES string of the molecule is CCOc1ccc(N(CCC#N)C(=O)CC2CC3CCC2C3)cc1. The average Bonchev–Trinajstić information content (AvgIpc) is 3.20. The molecule has 128 valence electrons. The van der Waals surface area contributed by atoms with Gasteiger partial charge in [0, 0.05) is 18.7 Å². The molecule has 0 N–H and O–H groups in total. The van der Waals surface area contributed by atoms with Crippen molar-refractivity contribution in [3.8, 4) is 11.8 Å². The third kappa shape index (κ3) is 3.72. The molecule has 0 saturated heterocycles. The molecule has 3 unspecified atom stereocenters. The Hall–Kier alpha value is -2.02. The highest BCUT2D eigenvalue weighted by atomic mass is 16.5. The van der Waals surface area contributed by atoms with Crippen LogP contribution < -0.4 is 9.64 Å². The van der Waals surface area contributed by atoms with Gasteiger partial charge in [0.15, 0.2) is 0 Å². The maximum Gasteiger partial charge on any atom is 0.227 e. The van der Waals surface area contributed by atoms with Crippen LogP contribution in [-0.2, 0) is 4.79 Å². The van der Waals surface area contributed by atoms with Crippen molar-refractivity contribution in [3.05, 3.63) is 24.3 Å². The zero-order valence-electron chi connectivity index (χ0n) is 14.4. The highest BCUT2D eigenvalue weighted by molar-refractivity contribution is 5.93. The first-order valence-electron chi connectivity index (χ1n) is 9.11. The van der Waals surface area contributed by atoms with E-state index in [2.05, 4.69) is 6.07 Å². The van der Waals surface area contributed by atoms with E-state index in [0.29, 0.717) is 31.9 Å². The van der Waals surface area contributed by atoms with Crippen LogP contribution in [0, 0.1) is 29.1 Å². The quantitative estimate of drug-likeness (QED) is 0.756. The van der Waals surface area contributed by atoms with Crippen molar-refractivity contribution >= 4 is 11.6 Å². The summed E-state index contributed by atoms with van der Waals surface area (Å²) in [6.07, 6.45) is 6.16. The Balaban J connectivity index is 1.68. The predicted molar refractivity (Wildman–Crippen MR) is 93.7 cm³/mol. The largest absolute Gasteiger partial charge is 0.494 e. The van der Waals surface area contributed by atoms with E-state index in [1.807, 2.05) is 31.2 Å². The highest BCUT2D eigenvalue weighted by Crippen LogP contribution is 2.49. The van der Waals surface area contributed by atoms with Gasteiger partial charge < -0.3 is 9.64 Å². The minimum absolute atomic E-state index is 0.159. The molecule has 2 saturated carbocycles. The van der Waals surface area contributed by atoms with Crippen LogP contribution in [0.1, 0.15) is 45.4 Å². The summed E-state index contributed by atoms with van der Waals surface area (Å²) >= 11 is 0. The second kappa shape index (κ2) is 7.70. The molecule has 0 spiro atoms. The van der Waals surface area contributed by atoms with Gasteiger partial charge >= 0.3 is 0 Å². The second-order valence-corrected chi connectivity index (χ2v) is 7.02. The molecule has 1 amide bonds. The number of rotatable bonds is 7.